The van der Waals surface area contributed by atoms with Gasteiger partial charge in [-0.2, -0.15) is 5.10 Å². The van der Waals surface area contributed by atoms with E-state index >= 15 is 0 Å². The topological polar surface area (TPSA) is 81.9 Å². The van der Waals surface area contributed by atoms with E-state index in [1.165, 1.54) is 42.2 Å². The van der Waals surface area contributed by atoms with Crippen molar-refractivity contribution in [2.24, 2.45) is 0 Å². The van der Waals surface area contributed by atoms with Crippen molar-refractivity contribution in [1.29, 1.82) is 0 Å². The fraction of sp³-hybridized carbons (Fsp3) is 0.364. The maximum Gasteiger partial charge on any atom is 0.234 e. The Morgan fingerprint density at radius 1 is 1.20 bits per heavy atom. The number of carbonyl (C=O) groups excluding carboxylic acids is 1. The molecule has 0 atom stereocenters. The minimum absolute atomic E-state index is 0.114. The lowest BCUT2D eigenvalue weighted by Gasteiger charge is -2.14. The van der Waals surface area contributed by atoms with Crippen molar-refractivity contribution in [3.63, 3.8) is 0 Å². The van der Waals surface area contributed by atoms with Crippen molar-refractivity contribution < 1.29 is 9.53 Å². The highest BCUT2D eigenvalue weighted by atomic mass is 32.2. The van der Waals surface area contributed by atoms with Crippen molar-refractivity contribution in [3.05, 3.63) is 53.1 Å². The van der Waals surface area contributed by atoms with Crippen molar-refractivity contribution >= 4 is 23.4 Å². The molecular formula is C22H25N5O2S. The molecule has 1 aliphatic carbocycles. The molecule has 30 heavy (non-hydrogen) atoms. The number of fused-ring (bicyclic) bond motifs is 1. The predicted octanol–water partition coefficient (Wildman–Crippen LogP) is 3.90. The van der Waals surface area contributed by atoms with Gasteiger partial charge in [0.05, 0.1) is 24.2 Å². The Kier molecular flexibility index (Phi) is 6.03. The number of carbonyl (C=O) groups is 1. The highest BCUT2D eigenvalue weighted by molar-refractivity contribution is 7.99. The molecule has 0 unspecified atom stereocenters. The van der Waals surface area contributed by atoms with Crippen LogP contribution in [0.25, 0.3) is 5.82 Å². The van der Waals surface area contributed by atoms with Crippen molar-refractivity contribution in [2.75, 3.05) is 18.2 Å². The van der Waals surface area contributed by atoms with Gasteiger partial charge in [-0.05, 0) is 62.8 Å². The summed E-state index contributed by atoms with van der Waals surface area (Å²) in [6.07, 6.45) is 6.02. The van der Waals surface area contributed by atoms with E-state index < -0.39 is 0 Å². The summed E-state index contributed by atoms with van der Waals surface area (Å²) in [5.74, 6) is 1.52. The molecule has 2 aromatic heterocycles. The SMILES string of the molecule is COc1ccc(C)cc1NC(=O)CSc1cc(-n2nc(C)c3c2CCCC3)ncn1. The zero-order valence-corrected chi connectivity index (χ0v) is 18.3. The fourth-order valence-corrected chi connectivity index (χ4v) is 4.40. The minimum Gasteiger partial charge on any atom is -0.495 e. The van der Waals surface area contributed by atoms with E-state index in [1.54, 1.807) is 7.11 Å². The lowest BCUT2D eigenvalue weighted by atomic mass is 9.96. The maximum atomic E-state index is 12.5. The third kappa shape index (κ3) is 4.33. The molecule has 1 N–H and O–H groups in total. The number of amides is 1. The molecule has 156 valence electrons. The molecule has 0 saturated carbocycles. The van der Waals surface area contributed by atoms with E-state index in [2.05, 4.69) is 22.2 Å². The monoisotopic (exact) mass is 423 g/mol. The molecular weight excluding hydrogens is 398 g/mol. The van der Waals surface area contributed by atoms with Crippen LogP contribution >= 0.6 is 11.8 Å². The average molecular weight is 424 g/mol. The lowest BCUT2D eigenvalue weighted by molar-refractivity contribution is -0.113. The van der Waals surface area contributed by atoms with E-state index in [1.807, 2.05) is 35.9 Å². The van der Waals surface area contributed by atoms with Gasteiger partial charge in [0, 0.05) is 11.8 Å². The van der Waals surface area contributed by atoms with Crippen LogP contribution in [0.5, 0.6) is 5.75 Å². The average Bonchev–Trinajstić information content (AvgIpc) is 3.10. The molecule has 0 bridgehead atoms. The molecule has 1 aliphatic rings. The Bertz CT molecular complexity index is 1080. The molecule has 0 spiro atoms. The van der Waals surface area contributed by atoms with Crippen molar-refractivity contribution in [1.82, 2.24) is 19.7 Å². The third-order valence-electron chi connectivity index (χ3n) is 5.21. The second-order valence-electron chi connectivity index (χ2n) is 7.38. The Hall–Kier alpha value is -2.87. The number of methoxy groups -OCH3 is 1. The molecule has 0 radical (unpaired) electrons. The molecule has 0 aliphatic heterocycles. The van der Waals surface area contributed by atoms with Crippen LogP contribution in [0.4, 0.5) is 5.69 Å². The molecule has 4 rings (SSSR count). The summed E-state index contributed by atoms with van der Waals surface area (Å²) in [5, 5.41) is 8.36. The standard InChI is InChI=1S/C22H25N5O2S/c1-14-8-9-19(29-3)17(10-14)25-21(28)12-30-22-11-20(23-13-24-22)27-18-7-5-4-6-16(18)15(2)26-27/h8-11,13H,4-7,12H2,1-3H3,(H,25,28). The first-order valence-corrected chi connectivity index (χ1v) is 11.0. The van der Waals surface area contributed by atoms with Gasteiger partial charge < -0.3 is 10.1 Å². The van der Waals surface area contributed by atoms with E-state index in [0.717, 1.165) is 34.9 Å². The van der Waals surface area contributed by atoms with Crippen LogP contribution in [0.15, 0.2) is 35.6 Å². The lowest BCUT2D eigenvalue weighted by Crippen LogP contribution is -2.15. The number of thioether (sulfide) groups is 1. The molecule has 0 saturated heterocycles. The third-order valence-corrected chi connectivity index (χ3v) is 6.13. The second-order valence-corrected chi connectivity index (χ2v) is 8.38. The van der Waals surface area contributed by atoms with Crippen molar-refractivity contribution in [3.8, 4) is 11.6 Å². The molecule has 3 aromatic rings. The van der Waals surface area contributed by atoms with Gasteiger partial charge in [0.25, 0.3) is 0 Å². The van der Waals surface area contributed by atoms with Gasteiger partial charge >= 0.3 is 0 Å². The number of nitrogens with one attached hydrogen (secondary N) is 1. The summed E-state index contributed by atoms with van der Waals surface area (Å²) in [7, 11) is 1.59. The zero-order chi connectivity index (χ0) is 21.1. The summed E-state index contributed by atoms with van der Waals surface area (Å²) in [5.41, 5.74) is 5.39. The number of rotatable bonds is 6. The van der Waals surface area contributed by atoms with Gasteiger partial charge in [0.1, 0.15) is 17.1 Å². The first-order valence-electron chi connectivity index (χ1n) is 10.0. The molecule has 1 aromatic carbocycles. The Morgan fingerprint density at radius 2 is 2.03 bits per heavy atom. The second kappa shape index (κ2) is 8.87. The molecule has 1 amide bonds. The normalized spacial score (nSPS) is 13.0. The van der Waals surface area contributed by atoms with E-state index in [9.17, 15) is 4.79 Å². The molecule has 0 fully saturated rings. The van der Waals surface area contributed by atoms with Crippen LogP contribution in [0.1, 0.15) is 35.4 Å². The summed E-state index contributed by atoms with van der Waals surface area (Å²) >= 11 is 1.37. The smallest absolute Gasteiger partial charge is 0.234 e. The minimum atomic E-state index is -0.114. The summed E-state index contributed by atoms with van der Waals surface area (Å²) in [4.78, 5) is 21.2. The van der Waals surface area contributed by atoms with Gasteiger partial charge in [0.15, 0.2) is 5.82 Å². The van der Waals surface area contributed by atoms with Crippen LogP contribution in [0, 0.1) is 13.8 Å². The highest BCUT2D eigenvalue weighted by Gasteiger charge is 2.20. The van der Waals surface area contributed by atoms with E-state index in [0.29, 0.717) is 11.4 Å². The predicted molar refractivity (Wildman–Crippen MR) is 118 cm³/mol. The summed E-state index contributed by atoms with van der Waals surface area (Å²) < 4.78 is 7.26. The number of anilines is 1. The van der Waals surface area contributed by atoms with Gasteiger partial charge in [-0.3, -0.25) is 4.79 Å². The number of ether oxygens (including phenoxy) is 1. The van der Waals surface area contributed by atoms with Crippen LogP contribution in [0.2, 0.25) is 0 Å². The van der Waals surface area contributed by atoms with Crippen LogP contribution < -0.4 is 10.1 Å². The number of aromatic nitrogens is 4. The largest absolute Gasteiger partial charge is 0.495 e. The molecule has 7 nitrogen and oxygen atoms in total. The first-order chi connectivity index (χ1) is 14.5. The Balaban J connectivity index is 1.46. The van der Waals surface area contributed by atoms with Crippen LogP contribution in [0.3, 0.4) is 0 Å². The number of nitrogens with zero attached hydrogens (tertiary/aromatic N) is 4. The number of aryl methyl sites for hydroxylation is 2. The van der Waals surface area contributed by atoms with Crippen LogP contribution in [-0.4, -0.2) is 38.5 Å². The number of hydrogen-bond acceptors (Lipinski definition) is 6. The van der Waals surface area contributed by atoms with Crippen molar-refractivity contribution in [2.45, 2.75) is 44.6 Å². The van der Waals surface area contributed by atoms with E-state index in [4.69, 9.17) is 9.84 Å². The van der Waals surface area contributed by atoms with Gasteiger partial charge in [-0.15, -0.1) is 0 Å². The highest BCUT2D eigenvalue weighted by Crippen LogP contribution is 2.28. The fourth-order valence-electron chi connectivity index (χ4n) is 3.74. The Morgan fingerprint density at radius 3 is 2.87 bits per heavy atom. The van der Waals surface area contributed by atoms with Gasteiger partial charge in [0.2, 0.25) is 5.91 Å². The summed E-state index contributed by atoms with van der Waals surface area (Å²) in [6.45, 7) is 4.03. The summed E-state index contributed by atoms with van der Waals surface area (Å²) in [6, 6.07) is 7.59. The van der Waals surface area contributed by atoms with Crippen LogP contribution in [-0.2, 0) is 17.6 Å². The molecule has 2 heterocycles. The quantitative estimate of drug-likeness (QED) is 0.478. The molecule has 8 heteroatoms. The number of benzene rings is 1. The first kappa shape index (κ1) is 20.4. The Labute approximate surface area is 180 Å². The van der Waals surface area contributed by atoms with Gasteiger partial charge in [-0.25, -0.2) is 14.6 Å². The van der Waals surface area contributed by atoms with Gasteiger partial charge in [-0.1, -0.05) is 17.8 Å². The number of hydrogen-bond donors (Lipinski definition) is 1. The maximum absolute atomic E-state index is 12.5. The zero-order valence-electron chi connectivity index (χ0n) is 17.4. The van der Waals surface area contributed by atoms with E-state index in [-0.39, 0.29) is 11.7 Å².